The topological polar surface area (TPSA) is 88.7 Å². The Kier molecular flexibility index (Phi) is 10.2. The van der Waals surface area contributed by atoms with Crippen molar-refractivity contribution in [3.63, 3.8) is 0 Å². The van der Waals surface area contributed by atoms with E-state index in [9.17, 15) is 35.9 Å². The minimum Gasteiger partial charge on any atom is -0.487 e. The van der Waals surface area contributed by atoms with Crippen LogP contribution in [0.1, 0.15) is 33.6 Å². The summed E-state index contributed by atoms with van der Waals surface area (Å²) in [5.41, 5.74) is 0.258. The molecule has 0 bridgehead atoms. The van der Waals surface area contributed by atoms with Crippen molar-refractivity contribution in [2.75, 3.05) is 19.7 Å². The lowest BCUT2D eigenvalue weighted by atomic mass is 10.1. The van der Waals surface area contributed by atoms with Crippen molar-refractivity contribution < 1.29 is 45.4 Å². The Morgan fingerprint density at radius 3 is 2.53 bits per heavy atom. The number of alkyl halides is 6. The van der Waals surface area contributed by atoms with E-state index >= 15 is 0 Å². The Morgan fingerprint density at radius 1 is 1.25 bits per heavy atom. The zero-order chi connectivity index (χ0) is 24.5. The molecule has 3 unspecified atom stereocenters. The van der Waals surface area contributed by atoms with Gasteiger partial charge in [-0.15, -0.1) is 0 Å². The lowest BCUT2D eigenvalue weighted by molar-refractivity contribution is -0.278. The maximum absolute atomic E-state index is 14.2. The maximum atomic E-state index is 14.2. The molecule has 0 radical (unpaired) electrons. The first-order valence-electron chi connectivity index (χ1n) is 10.0. The van der Waals surface area contributed by atoms with Crippen molar-refractivity contribution >= 4 is 12.0 Å². The molecule has 0 aromatic rings. The number of carbonyl (C=O) groups is 2. The van der Waals surface area contributed by atoms with Gasteiger partial charge in [-0.05, 0) is 25.8 Å². The van der Waals surface area contributed by atoms with E-state index in [1.165, 1.54) is 5.32 Å². The SMILES string of the molecule is CC.CC1OC2=C(NCC1NC(=O)COC(=O)NCC(F)(F)C(F)(F)F)C(F)CCC=C2. The standard InChI is InChI=1S/C17H21F6N3O4.C2H6/c1-9-11(6-24-14-10(18)4-2-3-5-12(14)30-9)26-13(27)7-29-15(28)25-8-16(19,20)17(21,22)23;1-2/h3,5,9-11,24H,2,4,6-8H2,1H3,(H,25,28)(H,26,27);1-2H3. The van der Waals surface area contributed by atoms with Gasteiger partial charge in [-0.25, -0.2) is 9.18 Å². The van der Waals surface area contributed by atoms with E-state index in [0.717, 1.165) is 0 Å². The van der Waals surface area contributed by atoms with Crippen LogP contribution in [0.5, 0.6) is 0 Å². The molecule has 3 atom stereocenters. The van der Waals surface area contributed by atoms with Gasteiger partial charge < -0.3 is 25.4 Å². The number of ether oxygens (including phenoxy) is 2. The third-order valence-corrected chi connectivity index (χ3v) is 4.38. The molecule has 32 heavy (non-hydrogen) atoms. The first-order chi connectivity index (χ1) is 14.9. The van der Waals surface area contributed by atoms with Crippen molar-refractivity contribution in [2.24, 2.45) is 0 Å². The highest BCUT2D eigenvalue weighted by molar-refractivity contribution is 5.80. The molecule has 2 aliphatic rings. The molecule has 1 aliphatic carbocycles. The number of nitrogens with one attached hydrogen (secondary N) is 3. The summed E-state index contributed by atoms with van der Waals surface area (Å²) in [5, 5.41) is 6.59. The molecule has 0 aromatic heterocycles. The van der Waals surface area contributed by atoms with Gasteiger partial charge in [0, 0.05) is 6.54 Å². The molecule has 1 heterocycles. The van der Waals surface area contributed by atoms with E-state index in [-0.39, 0.29) is 18.7 Å². The molecule has 0 saturated carbocycles. The minimum atomic E-state index is -5.83. The second-order valence-corrected chi connectivity index (χ2v) is 6.73. The van der Waals surface area contributed by atoms with E-state index in [4.69, 9.17) is 4.74 Å². The molecule has 7 nitrogen and oxygen atoms in total. The quantitative estimate of drug-likeness (QED) is 0.531. The fourth-order valence-corrected chi connectivity index (χ4v) is 2.67. The molecule has 1 aliphatic heterocycles. The average molecular weight is 475 g/mol. The highest BCUT2D eigenvalue weighted by Crippen LogP contribution is 2.34. The second kappa shape index (κ2) is 11.9. The molecular formula is C19H27F6N3O4. The van der Waals surface area contributed by atoms with Crippen molar-refractivity contribution in [1.29, 1.82) is 0 Å². The fourth-order valence-electron chi connectivity index (χ4n) is 2.67. The number of amides is 2. The highest BCUT2D eigenvalue weighted by atomic mass is 19.4. The predicted octanol–water partition coefficient (Wildman–Crippen LogP) is 3.33. The van der Waals surface area contributed by atoms with Gasteiger partial charge in [0.15, 0.2) is 6.61 Å². The van der Waals surface area contributed by atoms with Crippen LogP contribution in [0.15, 0.2) is 23.6 Å². The van der Waals surface area contributed by atoms with E-state index in [1.807, 2.05) is 13.8 Å². The molecule has 3 N–H and O–H groups in total. The fraction of sp³-hybridized carbons (Fsp3) is 0.684. The highest BCUT2D eigenvalue weighted by Gasteiger charge is 2.57. The summed E-state index contributed by atoms with van der Waals surface area (Å²) in [6.07, 6.45) is -5.10. The number of hydrogen-bond donors (Lipinski definition) is 3. The van der Waals surface area contributed by atoms with Crippen LogP contribution in [0, 0.1) is 0 Å². The predicted molar refractivity (Wildman–Crippen MR) is 102 cm³/mol. The molecular weight excluding hydrogens is 448 g/mol. The van der Waals surface area contributed by atoms with Gasteiger partial charge in [0.05, 0.1) is 18.3 Å². The van der Waals surface area contributed by atoms with Crippen molar-refractivity contribution in [1.82, 2.24) is 16.0 Å². The Balaban J connectivity index is 0.00000249. The zero-order valence-corrected chi connectivity index (χ0v) is 17.8. The molecule has 0 fully saturated rings. The number of hydrogen-bond acceptors (Lipinski definition) is 5. The van der Waals surface area contributed by atoms with Gasteiger partial charge in [0.2, 0.25) is 0 Å². The Hall–Kier alpha value is -2.60. The van der Waals surface area contributed by atoms with Gasteiger partial charge in [0.1, 0.15) is 18.0 Å². The van der Waals surface area contributed by atoms with Crippen LogP contribution in [-0.4, -0.2) is 62.1 Å². The molecule has 2 amide bonds. The number of rotatable bonds is 5. The van der Waals surface area contributed by atoms with Gasteiger partial charge in [-0.2, -0.15) is 22.0 Å². The lowest BCUT2D eigenvalue weighted by Crippen LogP contribution is -2.50. The Morgan fingerprint density at radius 2 is 1.91 bits per heavy atom. The molecule has 0 saturated heterocycles. The average Bonchev–Trinajstić information content (AvgIpc) is 2.98. The largest absolute Gasteiger partial charge is 0.487 e. The first-order valence-corrected chi connectivity index (χ1v) is 10.0. The summed E-state index contributed by atoms with van der Waals surface area (Å²) in [6, 6.07) is -0.661. The molecule has 0 aromatic carbocycles. The maximum Gasteiger partial charge on any atom is 0.455 e. The number of halogens is 6. The van der Waals surface area contributed by atoms with Crippen LogP contribution in [0.3, 0.4) is 0 Å². The summed E-state index contributed by atoms with van der Waals surface area (Å²) in [5.74, 6) is -5.68. The summed E-state index contributed by atoms with van der Waals surface area (Å²) < 4.78 is 85.8. The third kappa shape index (κ3) is 7.83. The second-order valence-electron chi connectivity index (χ2n) is 6.73. The van der Waals surface area contributed by atoms with Crippen LogP contribution in [-0.2, 0) is 14.3 Å². The van der Waals surface area contributed by atoms with E-state index in [0.29, 0.717) is 12.2 Å². The number of alkyl carbamates (subject to hydrolysis) is 1. The lowest BCUT2D eigenvalue weighted by Gasteiger charge is -2.23. The van der Waals surface area contributed by atoms with Gasteiger partial charge in [0.25, 0.3) is 5.91 Å². The smallest absolute Gasteiger partial charge is 0.455 e. The minimum absolute atomic E-state index is 0.101. The van der Waals surface area contributed by atoms with Crippen molar-refractivity contribution in [2.45, 2.75) is 64.0 Å². The molecule has 2 rings (SSSR count). The third-order valence-electron chi connectivity index (χ3n) is 4.38. The van der Waals surface area contributed by atoms with Crippen LogP contribution in [0.25, 0.3) is 0 Å². The van der Waals surface area contributed by atoms with E-state index in [2.05, 4.69) is 15.4 Å². The van der Waals surface area contributed by atoms with E-state index in [1.54, 1.807) is 19.1 Å². The number of carbonyl (C=O) groups excluding carboxylic acids is 2. The van der Waals surface area contributed by atoms with Crippen molar-refractivity contribution in [3.05, 3.63) is 23.6 Å². The zero-order valence-electron chi connectivity index (χ0n) is 17.8. The Bertz CT molecular complexity index is 712. The summed E-state index contributed by atoms with van der Waals surface area (Å²) >= 11 is 0. The number of allylic oxidation sites excluding steroid dienone is 3. The van der Waals surface area contributed by atoms with E-state index < -0.39 is 55.6 Å². The van der Waals surface area contributed by atoms with Crippen molar-refractivity contribution in [3.8, 4) is 0 Å². The van der Waals surface area contributed by atoms with Gasteiger partial charge in [-0.1, -0.05) is 19.9 Å². The monoisotopic (exact) mass is 475 g/mol. The summed E-state index contributed by atoms with van der Waals surface area (Å²) in [6.45, 7) is 2.78. The van der Waals surface area contributed by atoms with Crippen LogP contribution >= 0.6 is 0 Å². The summed E-state index contributed by atoms with van der Waals surface area (Å²) in [7, 11) is 0. The molecule has 0 spiro atoms. The van der Waals surface area contributed by atoms with Crippen LogP contribution in [0.2, 0.25) is 0 Å². The van der Waals surface area contributed by atoms with Crippen LogP contribution in [0.4, 0.5) is 31.1 Å². The van der Waals surface area contributed by atoms with Gasteiger partial charge >= 0.3 is 18.2 Å². The Labute approximate surface area is 181 Å². The molecule has 184 valence electrons. The first kappa shape index (κ1) is 27.4. The van der Waals surface area contributed by atoms with Gasteiger partial charge in [-0.3, -0.25) is 4.79 Å². The molecule has 13 heteroatoms. The van der Waals surface area contributed by atoms with Crippen LogP contribution < -0.4 is 16.0 Å². The summed E-state index contributed by atoms with van der Waals surface area (Å²) in [4.78, 5) is 23.2. The normalized spacial score (nSPS) is 23.2.